The first-order valence-corrected chi connectivity index (χ1v) is 9.59. The zero-order valence-corrected chi connectivity index (χ0v) is 16.4. The minimum Gasteiger partial charge on any atom is -0.316 e. The van der Waals surface area contributed by atoms with Crippen LogP contribution >= 0.6 is 0 Å². The number of rotatable bonds is 14. The van der Waals surface area contributed by atoms with E-state index in [0.29, 0.717) is 6.04 Å². The summed E-state index contributed by atoms with van der Waals surface area (Å²) in [4.78, 5) is 3.61. The second kappa shape index (κ2) is 12.8. The highest BCUT2D eigenvalue weighted by Crippen LogP contribution is 2.05. The van der Waals surface area contributed by atoms with Gasteiger partial charge in [0.15, 0.2) is 0 Å². The Hall–Kier alpha value is 0.0569. The van der Waals surface area contributed by atoms with Gasteiger partial charge in [0.25, 0.3) is 0 Å². The minimum atomic E-state index is -0.149. The summed E-state index contributed by atoms with van der Waals surface area (Å²) in [6.07, 6.45) is 7.40. The Balaban J connectivity index is 4.51. The molecule has 4 N–H and O–H groups in total. The lowest BCUT2D eigenvalue weighted by Gasteiger charge is -2.42. The molecule has 122 valence electrons. The number of hydrogen-bond donors (Lipinski definition) is 4. The van der Waals surface area contributed by atoms with Crippen LogP contribution in [0.5, 0.6) is 0 Å². The van der Waals surface area contributed by atoms with Crippen LogP contribution < -0.4 is 20.9 Å². The molecule has 0 aromatic rings. The molecule has 1 atom stereocenters. The van der Waals surface area contributed by atoms with Crippen molar-refractivity contribution in [1.29, 1.82) is 0 Å². The lowest BCUT2D eigenvalue weighted by atomic mass is 10.1. The van der Waals surface area contributed by atoms with Crippen molar-refractivity contribution in [3.8, 4) is 0 Å². The molecule has 0 aliphatic rings. The summed E-state index contributed by atoms with van der Waals surface area (Å²) in [5.74, 6) is -0.149. The monoisotopic (exact) mass is 302 g/mol. The van der Waals surface area contributed by atoms with Gasteiger partial charge in [0, 0.05) is 6.04 Å². The van der Waals surface area contributed by atoms with Crippen molar-refractivity contribution in [1.82, 2.24) is 20.9 Å². The lowest BCUT2D eigenvalue weighted by Crippen LogP contribution is -2.74. The molecule has 0 aliphatic heterocycles. The molecule has 0 bridgehead atoms. The number of unbranched alkanes of at least 4 members (excludes halogenated alkanes) is 3. The van der Waals surface area contributed by atoms with Crippen molar-refractivity contribution >= 4 is 10.4 Å². The molecule has 0 spiro atoms. The molecule has 0 aliphatic carbocycles. The van der Waals surface area contributed by atoms with Gasteiger partial charge in [-0.25, -0.2) is 0 Å². The van der Waals surface area contributed by atoms with Crippen molar-refractivity contribution in [2.24, 2.45) is 0 Å². The summed E-state index contributed by atoms with van der Waals surface area (Å²) in [6.45, 7) is 12.2. The second-order valence-corrected chi connectivity index (χ2v) is 6.15. The molecule has 0 amide bonds. The Labute approximate surface area is 129 Å². The fraction of sp³-hybridized carbons (Fsp3) is 1.00. The Morgan fingerprint density at radius 3 is 1.70 bits per heavy atom. The molecule has 0 fully saturated rings. The fourth-order valence-electron chi connectivity index (χ4n) is 2.34. The van der Waals surface area contributed by atoms with E-state index in [9.17, 15) is 0 Å². The van der Waals surface area contributed by atoms with Gasteiger partial charge in [-0.3, -0.25) is 10.6 Å². The smallest absolute Gasteiger partial charge is 0.132 e. The first kappa shape index (κ1) is 20.1. The molecule has 0 heterocycles. The van der Waals surface area contributed by atoms with Crippen molar-refractivity contribution in [2.75, 3.05) is 19.6 Å². The molecule has 0 saturated heterocycles. The van der Waals surface area contributed by atoms with Crippen LogP contribution in [0.15, 0.2) is 0 Å². The summed E-state index contributed by atoms with van der Waals surface area (Å²) in [7, 11) is 0.975. The van der Waals surface area contributed by atoms with E-state index in [1.165, 1.54) is 38.5 Å². The van der Waals surface area contributed by atoms with Gasteiger partial charge in [0.1, 0.15) is 5.79 Å². The van der Waals surface area contributed by atoms with Crippen molar-refractivity contribution in [3.63, 3.8) is 0 Å². The predicted molar refractivity (Wildman–Crippen MR) is 94.0 cm³/mol. The highest BCUT2D eigenvalue weighted by Gasteiger charge is 2.32. The first-order valence-electron chi connectivity index (χ1n) is 8.59. The molecular formula is C15H38N4Si. The normalized spacial score (nSPS) is 13.8. The third kappa shape index (κ3) is 7.74. The van der Waals surface area contributed by atoms with Crippen LogP contribution in [-0.4, -0.2) is 41.9 Å². The maximum absolute atomic E-state index is 3.72. The van der Waals surface area contributed by atoms with Gasteiger partial charge in [-0.1, -0.05) is 40.0 Å². The van der Waals surface area contributed by atoms with E-state index in [1.807, 2.05) is 0 Å². The maximum atomic E-state index is 3.72. The zero-order chi connectivity index (χ0) is 15.3. The van der Waals surface area contributed by atoms with Gasteiger partial charge < -0.3 is 10.3 Å². The van der Waals surface area contributed by atoms with Crippen LogP contribution in [0.4, 0.5) is 0 Å². The molecule has 0 aromatic heterocycles. The van der Waals surface area contributed by atoms with E-state index in [4.69, 9.17) is 0 Å². The van der Waals surface area contributed by atoms with Crippen molar-refractivity contribution in [3.05, 3.63) is 0 Å². The van der Waals surface area contributed by atoms with Crippen LogP contribution in [-0.2, 0) is 0 Å². The number of hydrogen-bond acceptors (Lipinski definition) is 4. The molecule has 0 saturated carbocycles. The Morgan fingerprint density at radius 2 is 1.30 bits per heavy atom. The SMILES string of the molecule is CCCCNC(C)C(N[SiH3])(NCCCC)NCCCC. The molecule has 0 aromatic carbocycles. The molecule has 5 heteroatoms. The average molecular weight is 303 g/mol. The Bertz CT molecular complexity index is 204. The Kier molecular flexibility index (Phi) is 12.8. The van der Waals surface area contributed by atoms with E-state index in [1.54, 1.807) is 0 Å². The van der Waals surface area contributed by atoms with Crippen LogP contribution in [0.25, 0.3) is 0 Å². The van der Waals surface area contributed by atoms with Gasteiger partial charge >= 0.3 is 0 Å². The van der Waals surface area contributed by atoms with Gasteiger partial charge in [-0.15, -0.1) is 0 Å². The summed E-state index contributed by atoms with van der Waals surface area (Å²) in [5.41, 5.74) is 0. The zero-order valence-electron chi connectivity index (χ0n) is 14.4. The van der Waals surface area contributed by atoms with Crippen molar-refractivity contribution in [2.45, 2.75) is 78.0 Å². The molecular weight excluding hydrogens is 264 g/mol. The molecule has 0 radical (unpaired) electrons. The second-order valence-electron chi connectivity index (χ2n) is 5.65. The number of nitrogens with one attached hydrogen (secondary N) is 4. The predicted octanol–water partition coefficient (Wildman–Crippen LogP) is 1.07. The van der Waals surface area contributed by atoms with Crippen molar-refractivity contribution < 1.29 is 0 Å². The van der Waals surface area contributed by atoms with E-state index in [-0.39, 0.29) is 5.79 Å². The average Bonchev–Trinajstić information content (AvgIpc) is 2.46. The van der Waals surface area contributed by atoms with Crippen LogP contribution in [0, 0.1) is 0 Å². The molecule has 4 nitrogen and oxygen atoms in total. The van der Waals surface area contributed by atoms with Gasteiger partial charge in [0.2, 0.25) is 0 Å². The Morgan fingerprint density at radius 1 is 0.850 bits per heavy atom. The molecule has 1 unspecified atom stereocenters. The van der Waals surface area contributed by atoms with E-state index < -0.39 is 0 Å². The standard InChI is InChI=1S/C15H38N4Si/c1-5-8-11-16-14(4)15(19-20,17-12-9-6-2)18-13-10-7-3/h14,16-19H,5-13H2,1-4,20H3. The maximum Gasteiger partial charge on any atom is 0.132 e. The minimum absolute atomic E-state index is 0.149. The van der Waals surface area contributed by atoms with Crippen LogP contribution in [0.3, 0.4) is 0 Å². The fourth-order valence-corrected chi connectivity index (χ4v) is 3.12. The third-order valence-electron chi connectivity index (χ3n) is 3.89. The van der Waals surface area contributed by atoms with E-state index in [0.717, 1.165) is 30.0 Å². The highest BCUT2D eigenvalue weighted by atomic mass is 28.2. The summed E-state index contributed by atoms with van der Waals surface area (Å²) >= 11 is 0. The lowest BCUT2D eigenvalue weighted by molar-refractivity contribution is 0.174. The van der Waals surface area contributed by atoms with E-state index >= 15 is 0 Å². The van der Waals surface area contributed by atoms with Crippen LogP contribution in [0.2, 0.25) is 0 Å². The topological polar surface area (TPSA) is 48.1 Å². The van der Waals surface area contributed by atoms with Crippen LogP contribution in [0.1, 0.15) is 66.2 Å². The quantitative estimate of drug-likeness (QED) is 0.220. The summed E-state index contributed by atoms with van der Waals surface area (Å²) < 4.78 is 0. The van der Waals surface area contributed by atoms with Gasteiger partial charge in [-0.2, -0.15) is 0 Å². The highest BCUT2D eigenvalue weighted by molar-refractivity contribution is 6.04. The first-order chi connectivity index (χ1) is 9.66. The summed E-state index contributed by atoms with van der Waals surface area (Å²) in [5, 5.41) is 11.1. The largest absolute Gasteiger partial charge is 0.316 e. The molecule has 20 heavy (non-hydrogen) atoms. The van der Waals surface area contributed by atoms with E-state index in [2.05, 4.69) is 48.6 Å². The van der Waals surface area contributed by atoms with Gasteiger partial charge in [-0.05, 0) is 45.8 Å². The summed E-state index contributed by atoms with van der Waals surface area (Å²) in [6, 6.07) is 0.375. The van der Waals surface area contributed by atoms with Gasteiger partial charge in [0.05, 0.1) is 10.4 Å². The molecule has 0 rings (SSSR count). The third-order valence-corrected chi connectivity index (χ3v) is 4.68.